The highest BCUT2D eigenvalue weighted by atomic mass is 19.4. The number of amides is 1. The highest BCUT2D eigenvalue weighted by Gasteiger charge is 2.29. The Kier molecular flexibility index (Phi) is 3.89. The SMILES string of the molecule is CNCC(=O)Nc1ccc(C(F)(F)F)cc1. The molecule has 0 radical (unpaired) electrons. The standard InChI is InChI=1S/C10H11F3N2O/c1-14-6-9(16)15-8-4-2-7(3-5-8)10(11,12)13/h2-5,14H,6H2,1H3,(H,15,16). The Morgan fingerprint density at radius 2 is 1.81 bits per heavy atom. The molecule has 1 aromatic carbocycles. The predicted octanol–water partition coefficient (Wildman–Crippen LogP) is 1.86. The van der Waals surface area contributed by atoms with Crippen molar-refractivity contribution in [3.63, 3.8) is 0 Å². The Balaban J connectivity index is 2.69. The van der Waals surface area contributed by atoms with E-state index in [0.717, 1.165) is 12.1 Å². The highest BCUT2D eigenvalue weighted by molar-refractivity contribution is 5.92. The van der Waals surface area contributed by atoms with Crippen molar-refractivity contribution >= 4 is 11.6 Å². The number of hydrogen-bond acceptors (Lipinski definition) is 2. The maximum absolute atomic E-state index is 12.2. The van der Waals surface area contributed by atoms with Crippen molar-refractivity contribution in [1.82, 2.24) is 5.32 Å². The minimum Gasteiger partial charge on any atom is -0.325 e. The van der Waals surface area contributed by atoms with Crippen LogP contribution in [0.1, 0.15) is 5.56 Å². The van der Waals surface area contributed by atoms with Crippen LogP contribution >= 0.6 is 0 Å². The van der Waals surface area contributed by atoms with Crippen molar-refractivity contribution in [2.45, 2.75) is 6.18 Å². The number of anilines is 1. The Morgan fingerprint density at radius 1 is 1.25 bits per heavy atom. The van der Waals surface area contributed by atoms with E-state index in [1.807, 2.05) is 0 Å². The summed E-state index contributed by atoms with van der Waals surface area (Å²) in [6, 6.07) is 4.29. The number of halogens is 3. The van der Waals surface area contributed by atoms with Crippen molar-refractivity contribution in [3.8, 4) is 0 Å². The minimum absolute atomic E-state index is 0.112. The largest absolute Gasteiger partial charge is 0.416 e. The number of nitrogens with one attached hydrogen (secondary N) is 2. The molecule has 0 unspecified atom stereocenters. The first-order valence-corrected chi connectivity index (χ1v) is 4.55. The fourth-order valence-corrected chi connectivity index (χ4v) is 1.11. The van der Waals surface area contributed by atoms with Gasteiger partial charge in [-0.1, -0.05) is 0 Å². The molecule has 0 heterocycles. The van der Waals surface area contributed by atoms with Gasteiger partial charge < -0.3 is 10.6 Å². The molecule has 0 aromatic heterocycles. The molecule has 88 valence electrons. The molecule has 0 saturated heterocycles. The van der Waals surface area contributed by atoms with E-state index in [-0.39, 0.29) is 12.5 Å². The maximum atomic E-state index is 12.2. The molecule has 2 N–H and O–H groups in total. The smallest absolute Gasteiger partial charge is 0.325 e. The molecular formula is C10H11F3N2O. The molecule has 0 aliphatic heterocycles. The van der Waals surface area contributed by atoms with Crippen molar-refractivity contribution in [2.75, 3.05) is 18.9 Å². The molecule has 6 heteroatoms. The maximum Gasteiger partial charge on any atom is 0.416 e. The van der Waals surface area contributed by atoms with Crippen LogP contribution in [-0.2, 0) is 11.0 Å². The summed E-state index contributed by atoms with van der Waals surface area (Å²) >= 11 is 0. The van der Waals surface area contributed by atoms with Gasteiger partial charge in [-0.2, -0.15) is 13.2 Å². The second-order valence-electron chi connectivity index (χ2n) is 3.15. The van der Waals surface area contributed by atoms with Gasteiger partial charge in [-0.3, -0.25) is 4.79 Å². The third kappa shape index (κ3) is 3.54. The van der Waals surface area contributed by atoms with Gasteiger partial charge in [0.25, 0.3) is 0 Å². The van der Waals surface area contributed by atoms with Gasteiger partial charge in [0, 0.05) is 5.69 Å². The van der Waals surface area contributed by atoms with E-state index in [0.29, 0.717) is 5.69 Å². The van der Waals surface area contributed by atoms with Crippen LogP contribution < -0.4 is 10.6 Å². The van der Waals surface area contributed by atoms with Crippen LogP contribution in [0.2, 0.25) is 0 Å². The molecule has 3 nitrogen and oxygen atoms in total. The summed E-state index contributed by atoms with van der Waals surface area (Å²) in [7, 11) is 1.60. The molecule has 0 aliphatic carbocycles. The summed E-state index contributed by atoms with van der Waals surface area (Å²) in [4.78, 5) is 11.1. The van der Waals surface area contributed by atoms with E-state index in [9.17, 15) is 18.0 Å². The minimum atomic E-state index is -4.35. The number of carbonyl (C=O) groups is 1. The van der Waals surface area contributed by atoms with Gasteiger partial charge in [0.05, 0.1) is 12.1 Å². The Bertz CT molecular complexity index is 359. The highest BCUT2D eigenvalue weighted by Crippen LogP contribution is 2.29. The van der Waals surface area contributed by atoms with E-state index in [4.69, 9.17) is 0 Å². The quantitative estimate of drug-likeness (QED) is 0.835. The lowest BCUT2D eigenvalue weighted by atomic mass is 10.2. The fourth-order valence-electron chi connectivity index (χ4n) is 1.11. The van der Waals surface area contributed by atoms with E-state index >= 15 is 0 Å². The third-order valence-electron chi connectivity index (χ3n) is 1.83. The summed E-state index contributed by atoms with van der Waals surface area (Å²) in [6.45, 7) is 0.112. The third-order valence-corrected chi connectivity index (χ3v) is 1.83. The zero-order chi connectivity index (χ0) is 12.2. The molecule has 0 fully saturated rings. The second kappa shape index (κ2) is 4.98. The average molecular weight is 232 g/mol. The van der Waals surface area contributed by atoms with E-state index in [2.05, 4.69) is 10.6 Å². The predicted molar refractivity (Wildman–Crippen MR) is 54.0 cm³/mol. The Hall–Kier alpha value is -1.56. The number of alkyl halides is 3. The first-order valence-electron chi connectivity index (χ1n) is 4.55. The van der Waals surface area contributed by atoms with Crippen molar-refractivity contribution in [3.05, 3.63) is 29.8 Å². The van der Waals surface area contributed by atoms with Gasteiger partial charge in [-0.15, -0.1) is 0 Å². The van der Waals surface area contributed by atoms with E-state index < -0.39 is 11.7 Å². The van der Waals surface area contributed by atoms with Gasteiger partial charge in [0.15, 0.2) is 0 Å². The van der Waals surface area contributed by atoms with Crippen LogP contribution in [0, 0.1) is 0 Å². The number of carbonyl (C=O) groups excluding carboxylic acids is 1. The van der Waals surface area contributed by atoms with Crippen LogP contribution in [0.25, 0.3) is 0 Å². The first-order chi connectivity index (χ1) is 7.43. The van der Waals surface area contributed by atoms with Crippen molar-refractivity contribution < 1.29 is 18.0 Å². The number of benzene rings is 1. The molecule has 0 aliphatic rings. The number of likely N-dealkylation sites (N-methyl/N-ethyl adjacent to an activating group) is 1. The molecular weight excluding hydrogens is 221 g/mol. The van der Waals surface area contributed by atoms with E-state index in [1.54, 1.807) is 7.05 Å². The lowest BCUT2D eigenvalue weighted by Gasteiger charge is -2.08. The molecule has 0 spiro atoms. The summed E-state index contributed by atoms with van der Waals surface area (Å²) in [6.07, 6.45) is -4.35. The molecule has 16 heavy (non-hydrogen) atoms. The van der Waals surface area contributed by atoms with Crippen LogP contribution in [-0.4, -0.2) is 19.5 Å². The number of rotatable bonds is 3. The molecule has 1 aromatic rings. The average Bonchev–Trinajstić information content (AvgIpc) is 2.17. The monoisotopic (exact) mass is 232 g/mol. The Labute approximate surface area is 90.6 Å². The van der Waals surface area contributed by atoms with Gasteiger partial charge in [0.2, 0.25) is 5.91 Å². The fraction of sp³-hybridized carbons (Fsp3) is 0.300. The summed E-state index contributed by atoms with van der Waals surface area (Å²) < 4.78 is 36.6. The molecule has 1 rings (SSSR count). The summed E-state index contributed by atoms with van der Waals surface area (Å²) in [5.41, 5.74) is -0.396. The molecule has 0 saturated carbocycles. The van der Waals surface area contributed by atoms with Gasteiger partial charge in [-0.25, -0.2) is 0 Å². The van der Waals surface area contributed by atoms with E-state index in [1.165, 1.54) is 12.1 Å². The first kappa shape index (κ1) is 12.5. The summed E-state index contributed by atoms with van der Waals surface area (Å²) in [5, 5.41) is 5.08. The molecule has 0 atom stereocenters. The zero-order valence-corrected chi connectivity index (χ0v) is 8.56. The van der Waals surface area contributed by atoms with Gasteiger partial charge >= 0.3 is 6.18 Å². The molecule has 0 bridgehead atoms. The van der Waals surface area contributed by atoms with Crippen molar-refractivity contribution in [1.29, 1.82) is 0 Å². The lowest BCUT2D eigenvalue weighted by molar-refractivity contribution is -0.137. The van der Waals surface area contributed by atoms with Crippen molar-refractivity contribution in [2.24, 2.45) is 0 Å². The van der Waals surface area contributed by atoms with Gasteiger partial charge in [0.1, 0.15) is 0 Å². The van der Waals surface area contributed by atoms with Gasteiger partial charge in [-0.05, 0) is 31.3 Å². The molecule has 1 amide bonds. The van der Waals surface area contributed by atoms with Crippen LogP contribution in [0.3, 0.4) is 0 Å². The topological polar surface area (TPSA) is 41.1 Å². The van der Waals surface area contributed by atoms with Crippen LogP contribution in [0.15, 0.2) is 24.3 Å². The van der Waals surface area contributed by atoms with Crippen LogP contribution in [0.5, 0.6) is 0 Å². The number of hydrogen-bond donors (Lipinski definition) is 2. The lowest BCUT2D eigenvalue weighted by Crippen LogP contribution is -2.25. The zero-order valence-electron chi connectivity index (χ0n) is 8.56. The van der Waals surface area contributed by atoms with Crippen LogP contribution in [0.4, 0.5) is 18.9 Å². The Morgan fingerprint density at radius 3 is 2.25 bits per heavy atom. The second-order valence-corrected chi connectivity index (χ2v) is 3.15. The summed E-state index contributed by atoms with van der Waals surface area (Å²) in [5.74, 6) is -0.303. The normalized spacial score (nSPS) is 11.2.